The van der Waals surface area contributed by atoms with Crippen LogP contribution >= 0.6 is 0 Å². The molecule has 1 spiro atoms. The maximum atomic E-state index is 13.1. The summed E-state index contributed by atoms with van der Waals surface area (Å²) in [5.41, 5.74) is 4.18. The smallest absolute Gasteiger partial charge is 0.340 e. The summed E-state index contributed by atoms with van der Waals surface area (Å²) >= 11 is 0. The molecule has 0 saturated carbocycles. The Kier molecular flexibility index (Phi) is 4.24. The number of carbonyl (C=O) groups excluding carboxylic acids is 1. The third-order valence-corrected chi connectivity index (χ3v) is 6.94. The second-order valence-electron chi connectivity index (χ2n) is 8.93. The van der Waals surface area contributed by atoms with Crippen LogP contribution in [0.2, 0.25) is 0 Å². The topological polar surface area (TPSA) is 47.6 Å². The first-order valence-electron chi connectivity index (χ1n) is 11.7. The van der Waals surface area contributed by atoms with Crippen molar-refractivity contribution in [3.63, 3.8) is 0 Å². The van der Waals surface area contributed by atoms with Crippen LogP contribution in [0.25, 0.3) is 10.8 Å². The van der Waals surface area contributed by atoms with Gasteiger partial charge in [-0.2, -0.15) is 0 Å². The fourth-order valence-corrected chi connectivity index (χ4v) is 5.36. The molecule has 0 aliphatic carbocycles. The summed E-state index contributed by atoms with van der Waals surface area (Å²) in [5, 5.41) is 5.56. The molecule has 1 unspecified atom stereocenters. The van der Waals surface area contributed by atoms with Crippen LogP contribution in [0.3, 0.4) is 0 Å². The van der Waals surface area contributed by atoms with Gasteiger partial charge in [-0.05, 0) is 40.6 Å². The first-order valence-corrected chi connectivity index (χ1v) is 11.7. The number of nitrogens with one attached hydrogen (secondary N) is 1. The number of esters is 1. The van der Waals surface area contributed by atoms with E-state index in [9.17, 15) is 4.79 Å². The highest BCUT2D eigenvalue weighted by molar-refractivity contribution is 6.00. The predicted octanol–water partition coefficient (Wildman–Crippen LogP) is 7.02. The van der Waals surface area contributed by atoms with Crippen molar-refractivity contribution < 1.29 is 14.3 Å². The monoisotopic (exact) mass is 455 g/mol. The van der Waals surface area contributed by atoms with Crippen molar-refractivity contribution in [1.29, 1.82) is 0 Å². The van der Waals surface area contributed by atoms with E-state index in [1.807, 2.05) is 84.9 Å². The molecule has 35 heavy (non-hydrogen) atoms. The van der Waals surface area contributed by atoms with E-state index in [0.717, 1.165) is 33.2 Å². The van der Waals surface area contributed by atoms with Crippen LogP contribution in [-0.2, 0) is 16.9 Å². The minimum atomic E-state index is -1.07. The summed E-state index contributed by atoms with van der Waals surface area (Å²) < 4.78 is 12.8. The average Bonchev–Trinajstić information content (AvgIpc) is 3.20. The number of benzene rings is 5. The number of rotatable bonds is 3. The zero-order valence-corrected chi connectivity index (χ0v) is 18.8. The molecule has 0 saturated heterocycles. The van der Waals surface area contributed by atoms with Crippen LogP contribution in [0, 0.1) is 0 Å². The van der Waals surface area contributed by atoms with Gasteiger partial charge in [0.05, 0.1) is 11.1 Å². The summed E-state index contributed by atoms with van der Waals surface area (Å²) in [6.45, 7) is 0.698. The van der Waals surface area contributed by atoms with E-state index in [1.54, 1.807) is 0 Å². The van der Waals surface area contributed by atoms with E-state index in [1.165, 1.54) is 5.56 Å². The van der Waals surface area contributed by atoms with Gasteiger partial charge in [-0.15, -0.1) is 0 Å². The van der Waals surface area contributed by atoms with Crippen molar-refractivity contribution in [3.8, 4) is 11.5 Å². The van der Waals surface area contributed by atoms with Crippen molar-refractivity contribution >= 4 is 22.4 Å². The molecule has 0 fully saturated rings. The van der Waals surface area contributed by atoms with Gasteiger partial charge in [0.1, 0.15) is 11.5 Å². The molecule has 4 heteroatoms. The summed E-state index contributed by atoms with van der Waals surface area (Å²) in [6, 6.07) is 36.1. The summed E-state index contributed by atoms with van der Waals surface area (Å²) in [7, 11) is 0. The SMILES string of the molecule is O=C1OC2(c3ccc(NCc4ccccc4)cc3Oc3ccc4ccccc4c32)c2ccccc21. The quantitative estimate of drug-likeness (QED) is 0.297. The Morgan fingerprint density at radius 3 is 2.43 bits per heavy atom. The molecule has 5 aromatic carbocycles. The Bertz CT molecular complexity index is 1630. The zero-order chi connectivity index (χ0) is 23.4. The third kappa shape index (κ3) is 2.90. The number of ether oxygens (including phenoxy) is 2. The summed E-state index contributed by atoms with van der Waals surface area (Å²) in [6.07, 6.45) is 0. The van der Waals surface area contributed by atoms with Crippen molar-refractivity contribution in [2.75, 3.05) is 5.32 Å². The van der Waals surface area contributed by atoms with Crippen LogP contribution in [-0.4, -0.2) is 5.97 Å². The molecule has 1 N–H and O–H groups in total. The highest BCUT2D eigenvalue weighted by atomic mass is 16.6. The van der Waals surface area contributed by atoms with E-state index in [4.69, 9.17) is 9.47 Å². The molecular formula is C31H21NO3. The van der Waals surface area contributed by atoms with Crippen molar-refractivity contribution in [3.05, 3.63) is 137 Å². The van der Waals surface area contributed by atoms with Crippen LogP contribution in [0.4, 0.5) is 5.69 Å². The van der Waals surface area contributed by atoms with Crippen LogP contribution in [0.5, 0.6) is 11.5 Å². The molecular weight excluding hydrogens is 434 g/mol. The molecule has 2 aliphatic rings. The van der Waals surface area contributed by atoms with E-state index >= 15 is 0 Å². The Balaban J connectivity index is 1.43. The minimum absolute atomic E-state index is 0.321. The summed E-state index contributed by atoms with van der Waals surface area (Å²) in [5.74, 6) is 1.05. The fraction of sp³-hybridized carbons (Fsp3) is 0.0645. The molecule has 2 aliphatic heterocycles. The maximum absolute atomic E-state index is 13.1. The molecule has 168 valence electrons. The van der Waals surface area contributed by atoms with Crippen molar-refractivity contribution in [2.45, 2.75) is 12.1 Å². The van der Waals surface area contributed by atoms with Gasteiger partial charge in [0.2, 0.25) is 0 Å². The molecule has 2 heterocycles. The zero-order valence-electron chi connectivity index (χ0n) is 18.8. The highest BCUT2D eigenvalue weighted by Crippen LogP contribution is 2.58. The fourth-order valence-electron chi connectivity index (χ4n) is 5.36. The Labute approximate surface area is 202 Å². The largest absolute Gasteiger partial charge is 0.456 e. The van der Waals surface area contributed by atoms with Crippen LogP contribution in [0.15, 0.2) is 109 Å². The summed E-state index contributed by atoms with van der Waals surface area (Å²) in [4.78, 5) is 13.1. The standard InChI is InChI=1S/C31H21NO3/c33-30-24-12-6-7-13-25(24)31(35-30)26-16-15-22(32-19-20-8-2-1-3-9-20)18-28(26)34-27-17-14-21-10-4-5-11-23(21)29(27)31/h1-18,32H,19H2. The maximum Gasteiger partial charge on any atom is 0.340 e. The molecule has 0 amide bonds. The Hall–Kier alpha value is -4.57. The molecule has 0 aromatic heterocycles. The Morgan fingerprint density at radius 2 is 1.51 bits per heavy atom. The number of anilines is 1. The number of fused-ring (bicyclic) bond motifs is 8. The highest BCUT2D eigenvalue weighted by Gasteiger charge is 2.54. The van der Waals surface area contributed by atoms with Crippen molar-refractivity contribution in [1.82, 2.24) is 0 Å². The van der Waals surface area contributed by atoms with Gasteiger partial charge in [0.25, 0.3) is 0 Å². The lowest BCUT2D eigenvalue weighted by molar-refractivity contribution is 0.0229. The van der Waals surface area contributed by atoms with Gasteiger partial charge < -0.3 is 14.8 Å². The van der Waals surface area contributed by atoms with Gasteiger partial charge in [0, 0.05) is 29.4 Å². The first-order chi connectivity index (χ1) is 17.2. The lowest BCUT2D eigenvalue weighted by Gasteiger charge is -2.37. The van der Waals surface area contributed by atoms with Crippen molar-refractivity contribution in [2.24, 2.45) is 0 Å². The predicted molar refractivity (Wildman–Crippen MR) is 136 cm³/mol. The molecule has 5 aromatic rings. The second-order valence-corrected chi connectivity index (χ2v) is 8.93. The normalized spacial score (nSPS) is 17.3. The number of hydrogen-bond acceptors (Lipinski definition) is 4. The molecule has 1 atom stereocenters. The first kappa shape index (κ1) is 19.9. The van der Waals surface area contributed by atoms with Crippen LogP contribution in [0.1, 0.15) is 32.6 Å². The second kappa shape index (κ2) is 7.47. The molecule has 7 rings (SSSR count). The van der Waals surface area contributed by atoms with Gasteiger partial charge in [-0.25, -0.2) is 4.79 Å². The van der Waals surface area contributed by atoms with Gasteiger partial charge >= 0.3 is 5.97 Å². The molecule has 0 bridgehead atoms. The van der Waals surface area contributed by atoms with E-state index in [-0.39, 0.29) is 5.97 Å². The van der Waals surface area contributed by atoms with E-state index in [2.05, 4.69) is 29.6 Å². The average molecular weight is 456 g/mol. The Morgan fingerprint density at radius 1 is 0.714 bits per heavy atom. The van der Waals surface area contributed by atoms with Gasteiger partial charge in [-0.1, -0.05) is 78.9 Å². The lowest BCUT2D eigenvalue weighted by Crippen LogP contribution is -2.33. The van der Waals surface area contributed by atoms with Crippen LogP contribution < -0.4 is 10.1 Å². The van der Waals surface area contributed by atoms with E-state index in [0.29, 0.717) is 23.6 Å². The van der Waals surface area contributed by atoms with Gasteiger partial charge in [-0.3, -0.25) is 0 Å². The minimum Gasteiger partial charge on any atom is -0.456 e. The number of hydrogen-bond donors (Lipinski definition) is 1. The molecule has 0 radical (unpaired) electrons. The lowest BCUT2D eigenvalue weighted by atomic mass is 9.76. The molecule has 4 nitrogen and oxygen atoms in total. The van der Waals surface area contributed by atoms with E-state index < -0.39 is 5.60 Å². The number of carbonyl (C=O) groups is 1. The van der Waals surface area contributed by atoms with Gasteiger partial charge in [0.15, 0.2) is 5.60 Å². The third-order valence-electron chi connectivity index (χ3n) is 6.94.